The zero-order chi connectivity index (χ0) is 15.6. The fourth-order valence-electron chi connectivity index (χ4n) is 2.12. The summed E-state index contributed by atoms with van der Waals surface area (Å²) in [6.07, 6.45) is 0.933. The molecule has 0 amide bonds. The number of hydrogen-bond donors (Lipinski definition) is 2. The summed E-state index contributed by atoms with van der Waals surface area (Å²) in [7, 11) is 1.69. The molecule has 116 valence electrons. The number of nitrogens with two attached hydrogens (primary N) is 1. The van der Waals surface area contributed by atoms with Gasteiger partial charge in [0, 0.05) is 13.7 Å². The van der Waals surface area contributed by atoms with Crippen LogP contribution in [0.3, 0.4) is 0 Å². The molecular weight excluding hydrogens is 274 g/mol. The van der Waals surface area contributed by atoms with Crippen LogP contribution < -0.4 is 11.1 Å². The van der Waals surface area contributed by atoms with E-state index in [0.717, 1.165) is 24.1 Å². The lowest BCUT2D eigenvalue weighted by Crippen LogP contribution is -2.33. The van der Waals surface area contributed by atoms with Gasteiger partial charge in [-0.1, -0.05) is 54.6 Å². The second-order valence-corrected chi connectivity index (χ2v) is 5.11. The molecule has 2 aromatic rings. The molecule has 2 aromatic carbocycles. The molecule has 0 aromatic heterocycles. The van der Waals surface area contributed by atoms with Crippen LogP contribution >= 0.6 is 0 Å². The van der Waals surface area contributed by atoms with E-state index in [-0.39, 0.29) is 0 Å². The highest BCUT2D eigenvalue weighted by atomic mass is 16.5. The molecule has 0 spiro atoms. The number of nitrogens with zero attached hydrogens (tertiary/aromatic N) is 1. The second kappa shape index (κ2) is 8.85. The lowest BCUT2D eigenvalue weighted by molar-refractivity contribution is 0.185. The average molecular weight is 297 g/mol. The van der Waals surface area contributed by atoms with Crippen LogP contribution in [0.25, 0.3) is 0 Å². The Balaban J connectivity index is 1.75. The summed E-state index contributed by atoms with van der Waals surface area (Å²) in [4.78, 5) is 4.35. The van der Waals surface area contributed by atoms with Crippen LogP contribution in [-0.2, 0) is 24.3 Å². The minimum atomic E-state index is 0.483. The van der Waals surface area contributed by atoms with Crippen LogP contribution in [0.5, 0.6) is 0 Å². The third-order valence-electron chi connectivity index (χ3n) is 3.33. The molecule has 3 N–H and O–H groups in total. The molecule has 0 aliphatic heterocycles. The normalized spacial score (nSPS) is 11.4. The van der Waals surface area contributed by atoms with Crippen molar-refractivity contribution in [3.8, 4) is 0 Å². The van der Waals surface area contributed by atoms with E-state index in [1.807, 2.05) is 30.3 Å². The van der Waals surface area contributed by atoms with E-state index in [0.29, 0.717) is 19.1 Å². The Morgan fingerprint density at radius 2 is 1.68 bits per heavy atom. The summed E-state index contributed by atoms with van der Waals surface area (Å²) >= 11 is 0. The van der Waals surface area contributed by atoms with Crippen LogP contribution in [-0.4, -0.2) is 19.6 Å². The van der Waals surface area contributed by atoms with Gasteiger partial charge in [0.2, 0.25) is 0 Å². The zero-order valence-corrected chi connectivity index (χ0v) is 13.0. The SMILES string of the molecule is COCc1ccc(CN=C(N)NCCc2ccccc2)cc1. The van der Waals surface area contributed by atoms with Crippen LogP contribution in [0.15, 0.2) is 59.6 Å². The van der Waals surface area contributed by atoms with Crippen molar-refractivity contribution in [1.29, 1.82) is 0 Å². The number of rotatable bonds is 7. The van der Waals surface area contributed by atoms with Gasteiger partial charge in [-0.3, -0.25) is 0 Å². The fourth-order valence-corrected chi connectivity index (χ4v) is 2.12. The van der Waals surface area contributed by atoms with Crippen molar-refractivity contribution in [2.24, 2.45) is 10.7 Å². The van der Waals surface area contributed by atoms with Gasteiger partial charge in [0.25, 0.3) is 0 Å². The first-order valence-corrected chi connectivity index (χ1v) is 7.42. The Bertz CT molecular complexity index is 579. The van der Waals surface area contributed by atoms with E-state index < -0.39 is 0 Å². The molecule has 2 rings (SSSR count). The van der Waals surface area contributed by atoms with Gasteiger partial charge in [-0.15, -0.1) is 0 Å². The van der Waals surface area contributed by atoms with Gasteiger partial charge in [-0.05, 0) is 23.1 Å². The monoisotopic (exact) mass is 297 g/mol. The molecule has 0 fully saturated rings. The van der Waals surface area contributed by atoms with Crippen LogP contribution in [0.2, 0.25) is 0 Å². The molecule has 0 saturated carbocycles. The molecule has 0 bridgehead atoms. The minimum absolute atomic E-state index is 0.483. The predicted molar refractivity (Wildman–Crippen MR) is 90.6 cm³/mol. The van der Waals surface area contributed by atoms with Crippen molar-refractivity contribution in [2.75, 3.05) is 13.7 Å². The Hall–Kier alpha value is -2.33. The van der Waals surface area contributed by atoms with Gasteiger partial charge in [0.05, 0.1) is 13.2 Å². The lowest BCUT2D eigenvalue weighted by Gasteiger charge is -2.06. The van der Waals surface area contributed by atoms with Crippen molar-refractivity contribution in [2.45, 2.75) is 19.6 Å². The first-order valence-electron chi connectivity index (χ1n) is 7.42. The van der Waals surface area contributed by atoms with Gasteiger partial charge in [-0.25, -0.2) is 4.99 Å². The van der Waals surface area contributed by atoms with E-state index in [2.05, 4.69) is 34.6 Å². The van der Waals surface area contributed by atoms with E-state index in [9.17, 15) is 0 Å². The summed E-state index contributed by atoms with van der Waals surface area (Å²) in [6.45, 7) is 2.00. The average Bonchev–Trinajstić information content (AvgIpc) is 2.55. The summed E-state index contributed by atoms with van der Waals surface area (Å²) in [5, 5.41) is 3.14. The molecule has 0 aliphatic rings. The summed E-state index contributed by atoms with van der Waals surface area (Å²) < 4.78 is 5.09. The van der Waals surface area contributed by atoms with E-state index >= 15 is 0 Å². The van der Waals surface area contributed by atoms with Crippen LogP contribution in [0, 0.1) is 0 Å². The maximum absolute atomic E-state index is 5.88. The highest BCUT2D eigenvalue weighted by molar-refractivity contribution is 5.77. The van der Waals surface area contributed by atoms with E-state index in [4.69, 9.17) is 10.5 Å². The van der Waals surface area contributed by atoms with Crippen molar-refractivity contribution < 1.29 is 4.74 Å². The summed E-state index contributed by atoms with van der Waals surface area (Å²) in [5.74, 6) is 0.483. The molecule has 0 unspecified atom stereocenters. The number of benzene rings is 2. The molecule has 0 radical (unpaired) electrons. The third-order valence-corrected chi connectivity index (χ3v) is 3.33. The lowest BCUT2D eigenvalue weighted by atomic mass is 10.1. The number of guanidine groups is 1. The molecule has 22 heavy (non-hydrogen) atoms. The van der Waals surface area contributed by atoms with Crippen molar-refractivity contribution in [1.82, 2.24) is 5.32 Å². The van der Waals surface area contributed by atoms with Crippen molar-refractivity contribution in [3.63, 3.8) is 0 Å². The molecule has 0 saturated heterocycles. The molecule has 0 atom stereocenters. The third kappa shape index (κ3) is 5.58. The van der Waals surface area contributed by atoms with E-state index in [1.165, 1.54) is 5.56 Å². The fraction of sp³-hybridized carbons (Fsp3) is 0.278. The zero-order valence-electron chi connectivity index (χ0n) is 13.0. The number of nitrogens with one attached hydrogen (secondary N) is 1. The standard InChI is InChI=1S/C18H23N3O/c1-22-14-17-9-7-16(8-10-17)13-21-18(19)20-12-11-15-5-3-2-4-6-15/h2-10H,11-14H2,1H3,(H3,19,20,21). The van der Waals surface area contributed by atoms with Gasteiger partial charge >= 0.3 is 0 Å². The highest BCUT2D eigenvalue weighted by Gasteiger charge is 1.96. The van der Waals surface area contributed by atoms with Crippen LogP contribution in [0.4, 0.5) is 0 Å². The number of hydrogen-bond acceptors (Lipinski definition) is 2. The molecule has 0 heterocycles. The van der Waals surface area contributed by atoms with Crippen molar-refractivity contribution >= 4 is 5.96 Å². The second-order valence-electron chi connectivity index (χ2n) is 5.11. The molecular formula is C18H23N3O. The first kappa shape index (κ1) is 16.0. The van der Waals surface area contributed by atoms with Gasteiger partial charge in [0.15, 0.2) is 5.96 Å². The van der Waals surface area contributed by atoms with Gasteiger partial charge in [-0.2, -0.15) is 0 Å². The van der Waals surface area contributed by atoms with Crippen molar-refractivity contribution in [3.05, 3.63) is 71.3 Å². The minimum Gasteiger partial charge on any atom is -0.380 e. The maximum atomic E-state index is 5.88. The Morgan fingerprint density at radius 1 is 1.00 bits per heavy atom. The smallest absolute Gasteiger partial charge is 0.188 e. The van der Waals surface area contributed by atoms with Gasteiger partial charge < -0.3 is 15.8 Å². The largest absolute Gasteiger partial charge is 0.380 e. The number of aliphatic imine (C=N–C) groups is 1. The number of methoxy groups -OCH3 is 1. The van der Waals surface area contributed by atoms with Gasteiger partial charge in [0.1, 0.15) is 0 Å². The number of ether oxygens (including phenoxy) is 1. The Labute approximate surface area is 132 Å². The summed E-state index contributed by atoms with van der Waals surface area (Å²) in [6, 6.07) is 18.5. The quantitative estimate of drug-likeness (QED) is 0.610. The molecule has 4 nitrogen and oxygen atoms in total. The molecule has 4 heteroatoms. The van der Waals surface area contributed by atoms with Crippen LogP contribution in [0.1, 0.15) is 16.7 Å². The topological polar surface area (TPSA) is 59.6 Å². The first-order chi connectivity index (χ1) is 10.8. The van der Waals surface area contributed by atoms with E-state index in [1.54, 1.807) is 7.11 Å². The summed E-state index contributed by atoms with van der Waals surface area (Å²) in [5.41, 5.74) is 9.46. The predicted octanol–water partition coefficient (Wildman–Crippen LogP) is 2.48. The maximum Gasteiger partial charge on any atom is 0.188 e. The Morgan fingerprint density at radius 3 is 2.36 bits per heavy atom. The Kier molecular flexibility index (Phi) is 6.45. The highest BCUT2D eigenvalue weighted by Crippen LogP contribution is 2.06. The molecule has 0 aliphatic carbocycles.